The van der Waals surface area contributed by atoms with Crippen molar-refractivity contribution in [3.63, 3.8) is 0 Å². The van der Waals surface area contributed by atoms with Gasteiger partial charge in [-0.2, -0.15) is 0 Å². The molecule has 0 radical (unpaired) electrons. The van der Waals surface area contributed by atoms with Gasteiger partial charge in [-0.3, -0.25) is 0 Å². The summed E-state index contributed by atoms with van der Waals surface area (Å²) in [5, 5.41) is 17.9. The van der Waals surface area contributed by atoms with Crippen LogP contribution in [0.2, 0.25) is 0 Å². The SMILES string of the molecule is CCCCCCCCCCCC(=NOC(=S)Nc1ccccc1)c1cc(C)ccc1O. The molecule has 0 aliphatic heterocycles. The van der Waals surface area contributed by atoms with Gasteiger partial charge in [-0.25, -0.2) is 0 Å². The summed E-state index contributed by atoms with van der Waals surface area (Å²) >= 11 is 5.27. The van der Waals surface area contributed by atoms with E-state index in [2.05, 4.69) is 17.4 Å². The minimum atomic E-state index is 0.183. The molecule has 0 aliphatic carbocycles. The van der Waals surface area contributed by atoms with E-state index in [1.807, 2.05) is 49.4 Å². The molecule has 0 aliphatic rings. The zero-order chi connectivity index (χ0) is 22.3. The topological polar surface area (TPSA) is 53.8 Å². The molecule has 0 fully saturated rings. The van der Waals surface area contributed by atoms with E-state index in [9.17, 15) is 5.11 Å². The highest BCUT2D eigenvalue weighted by atomic mass is 32.1. The predicted molar refractivity (Wildman–Crippen MR) is 135 cm³/mol. The third-order valence-corrected chi connectivity index (χ3v) is 5.42. The van der Waals surface area contributed by atoms with E-state index < -0.39 is 0 Å². The van der Waals surface area contributed by atoms with Crippen molar-refractivity contribution >= 4 is 28.8 Å². The summed E-state index contributed by atoms with van der Waals surface area (Å²) < 4.78 is 0. The van der Waals surface area contributed by atoms with Crippen LogP contribution in [0.4, 0.5) is 5.69 Å². The first-order valence-corrected chi connectivity index (χ1v) is 11.9. The van der Waals surface area contributed by atoms with Crippen molar-refractivity contribution in [1.29, 1.82) is 0 Å². The molecule has 0 aromatic heterocycles. The maximum Gasteiger partial charge on any atom is 0.293 e. The van der Waals surface area contributed by atoms with E-state index in [-0.39, 0.29) is 10.9 Å². The van der Waals surface area contributed by atoms with Gasteiger partial charge >= 0.3 is 0 Å². The van der Waals surface area contributed by atoms with Gasteiger partial charge in [-0.05, 0) is 56.2 Å². The third kappa shape index (κ3) is 9.97. The van der Waals surface area contributed by atoms with Crippen molar-refractivity contribution < 1.29 is 9.94 Å². The normalized spacial score (nSPS) is 11.4. The van der Waals surface area contributed by atoms with E-state index in [0.717, 1.165) is 36.2 Å². The molecule has 168 valence electrons. The molecule has 0 amide bonds. The Morgan fingerprint density at radius 1 is 0.935 bits per heavy atom. The van der Waals surface area contributed by atoms with E-state index in [4.69, 9.17) is 17.1 Å². The molecule has 5 heteroatoms. The van der Waals surface area contributed by atoms with Crippen molar-refractivity contribution in [2.75, 3.05) is 5.32 Å². The fraction of sp³-hybridized carbons (Fsp3) is 0.462. The number of thiocarbonyl (C=S) groups is 1. The number of nitrogens with one attached hydrogen (secondary N) is 1. The Morgan fingerprint density at radius 3 is 2.26 bits per heavy atom. The van der Waals surface area contributed by atoms with Gasteiger partial charge < -0.3 is 15.3 Å². The van der Waals surface area contributed by atoms with Crippen molar-refractivity contribution in [2.45, 2.75) is 78.1 Å². The number of phenols is 1. The molecular weight excluding hydrogens is 404 g/mol. The number of aryl methyl sites for hydroxylation is 1. The molecule has 2 aromatic carbocycles. The van der Waals surface area contributed by atoms with Gasteiger partial charge in [0, 0.05) is 11.3 Å². The molecule has 0 spiro atoms. The van der Waals surface area contributed by atoms with Crippen LogP contribution in [0.15, 0.2) is 53.7 Å². The van der Waals surface area contributed by atoms with Crippen LogP contribution in [0.5, 0.6) is 5.75 Å². The monoisotopic (exact) mass is 440 g/mol. The van der Waals surface area contributed by atoms with Crippen LogP contribution >= 0.6 is 12.2 Å². The maximum absolute atomic E-state index is 10.4. The molecule has 0 atom stereocenters. The molecule has 0 saturated carbocycles. The van der Waals surface area contributed by atoms with Crippen LogP contribution in [-0.2, 0) is 4.84 Å². The molecule has 0 saturated heterocycles. The van der Waals surface area contributed by atoms with Crippen LogP contribution in [-0.4, -0.2) is 16.0 Å². The van der Waals surface area contributed by atoms with Crippen LogP contribution in [0.3, 0.4) is 0 Å². The number of nitrogens with zero attached hydrogens (tertiary/aromatic N) is 1. The van der Waals surface area contributed by atoms with Crippen molar-refractivity contribution in [2.24, 2.45) is 5.16 Å². The molecule has 0 bridgehead atoms. The Kier molecular flexibility index (Phi) is 11.7. The number of rotatable bonds is 13. The minimum absolute atomic E-state index is 0.183. The highest BCUT2D eigenvalue weighted by Gasteiger charge is 2.11. The number of anilines is 1. The first-order valence-electron chi connectivity index (χ1n) is 11.5. The van der Waals surface area contributed by atoms with Gasteiger partial charge in [0.25, 0.3) is 5.17 Å². The fourth-order valence-electron chi connectivity index (χ4n) is 3.47. The second kappa shape index (κ2) is 14.6. The highest BCUT2D eigenvalue weighted by Crippen LogP contribution is 2.22. The smallest absolute Gasteiger partial charge is 0.293 e. The number of hydrogen-bond acceptors (Lipinski definition) is 4. The first kappa shape index (κ1) is 24.9. The van der Waals surface area contributed by atoms with Crippen molar-refractivity contribution in [3.8, 4) is 5.75 Å². The van der Waals surface area contributed by atoms with Gasteiger partial charge in [-0.1, -0.05) is 93.3 Å². The Labute approximate surface area is 192 Å². The average Bonchev–Trinajstić information content (AvgIpc) is 2.77. The summed E-state index contributed by atoms with van der Waals surface area (Å²) in [6.45, 7) is 4.25. The van der Waals surface area contributed by atoms with E-state index >= 15 is 0 Å². The summed E-state index contributed by atoms with van der Waals surface area (Å²) in [7, 11) is 0. The van der Waals surface area contributed by atoms with Crippen LogP contribution in [0, 0.1) is 6.92 Å². The van der Waals surface area contributed by atoms with E-state index in [1.54, 1.807) is 6.07 Å². The summed E-state index contributed by atoms with van der Waals surface area (Å²) in [5.41, 5.74) is 3.35. The number of phenolic OH excluding ortho intramolecular Hbond substituents is 1. The lowest BCUT2D eigenvalue weighted by Gasteiger charge is -2.11. The Balaban J connectivity index is 1.90. The van der Waals surface area contributed by atoms with Crippen LogP contribution in [0.25, 0.3) is 0 Å². The molecule has 4 nitrogen and oxygen atoms in total. The average molecular weight is 441 g/mol. The zero-order valence-corrected chi connectivity index (χ0v) is 19.7. The number of aromatic hydroxyl groups is 1. The molecule has 0 unspecified atom stereocenters. The lowest BCUT2D eigenvalue weighted by Crippen LogP contribution is -2.12. The first-order chi connectivity index (χ1) is 15.1. The lowest BCUT2D eigenvalue weighted by molar-refractivity contribution is 0.334. The maximum atomic E-state index is 10.4. The molecule has 2 N–H and O–H groups in total. The fourth-order valence-corrected chi connectivity index (χ4v) is 3.63. The van der Waals surface area contributed by atoms with Crippen LogP contribution in [0.1, 0.15) is 82.3 Å². The van der Waals surface area contributed by atoms with Gasteiger partial charge in [0.05, 0.1) is 5.71 Å². The third-order valence-electron chi connectivity index (χ3n) is 5.24. The molecule has 0 heterocycles. The molecular formula is C26H36N2O2S. The highest BCUT2D eigenvalue weighted by molar-refractivity contribution is 7.80. The second-order valence-electron chi connectivity index (χ2n) is 8.01. The summed E-state index contributed by atoms with van der Waals surface area (Å²) in [6.07, 6.45) is 12.1. The van der Waals surface area contributed by atoms with Crippen molar-refractivity contribution in [3.05, 3.63) is 59.7 Å². The summed E-state index contributed by atoms with van der Waals surface area (Å²) in [5.74, 6) is 0.214. The summed E-state index contributed by atoms with van der Waals surface area (Å²) in [4.78, 5) is 5.49. The molecule has 2 rings (SSSR count). The number of unbranched alkanes of at least 4 members (excludes halogenated alkanes) is 8. The second-order valence-corrected chi connectivity index (χ2v) is 8.38. The largest absolute Gasteiger partial charge is 0.507 e. The van der Waals surface area contributed by atoms with Crippen LogP contribution < -0.4 is 5.32 Å². The van der Waals surface area contributed by atoms with Gasteiger partial charge in [0.2, 0.25) is 0 Å². The predicted octanol–water partition coefficient (Wildman–Crippen LogP) is 7.74. The lowest BCUT2D eigenvalue weighted by atomic mass is 10.00. The molecule has 31 heavy (non-hydrogen) atoms. The number of oxime groups is 1. The van der Waals surface area contributed by atoms with E-state index in [1.165, 1.54) is 44.9 Å². The number of benzene rings is 2. The number of hydrogen-bond donors (Lipinski definition) is 2. The van der Waals surface area contributed by atoms with Gasteiger partial charge in [-0.15, -0.1) is 0 Å². The summed E-state index contributed by atoms with van der Waals surface area (Å²) in [6, 6.07) is 15.1. The quantitative estimate of drug-likeness (QED) is 0.145. The van der Waals surface area contributed by atoms with Gasteiger partial charge in [0.1, 0.15) is 5.75 Å². The Bertz CT molecular complexity index is 821. The molecule has 2 aromatic rings. The zero-order valence-electron chi connectivity index (χ0n) is 18.9. The Hall–Kier alpha value is -2.40. The number of para-hydroxylation sites is 1. The van der Waals surface area contributed by atoms with E-state index in [0.29, 0.717) is 5.56 Å². The Morgan fingerprint density at radius 2 is 1.58 bits per heavy atom. The standard InChI is InChI=1S/C26H36N2O2S/c1-3-4-5-6-7-8-9-10-14-17-24(23-20-21(2)18-19-25(23)29)28-30-26(31)27-22-15-12-11-13-16-22/h11-13,15-16,18-20,29H,3-10,14,17H2,1-2H3,(H,27,31). The van der Waals surface area contributed by atoms with Crippen molar-refractivity contribution in [1.82, 2.24) is 0 Å². The van der Waals surface area contributed by atoms with Gasteiger partial charge in [0.15, 0.2) is 0 Å². The minimum Gasteiger partial charge on any atom is -0.507 e.